The summed E-state index contributed by atoms with van der Waals surface area (Å²) in [4.78, 5) is 2.46. The molecule has 0 amide bonds. The number of rotatable bonds is 5. The van der Waals surface area contributed by atoms with Gasteiger partial charge in [0.15, 0.2) is 0 Å². The summed E-state index contributed by atoms with van der Waals surface area (Å²) < 4.78 is 11.1. The van der Waals surface area contributed by atoms with Crippen molar-refractivity contribution in [2.75, 3.05) is 27.3 Å². The van der Waals surface area contributed by atoms with Gasteiger partial charge >= 0.3 is 0 Å². The maximum Gasteiger partial charge on any atom is 0.127 e. The van der Waals surface area contributed by atoms with Gasteiger partial charge in [-0.3, -0.25) is 10.00 Å². The van der Waals surface area contributed by atoms with E-state index < -0.39 is 0 Å². The van der Waals surface area contributed by atoms with E-state index in [-0.39, 0.29) is 0 Å². The highest BCUT2D eigenvalue weighted by Gasteiger charge is 2.22. The zero-order valence-corrected chi connectivity index (χ0v) is 15.9. The second kappa shape index (κ2) is 7.84. The summed E-state index contributed by atoms with van der Waals surface area (Å²) in [6.07, 6.45) is 1.94. The van der Waals surface area contributed by atoms with E-state index in [0.29, 0.717) is 0 Å². The maximum atomic E-state index is 5.56. The van der Waals surface area contributed by atoms with E-state index in [4.69, 9.17) is 9.47 Å². The second-order valence-corrected chi connectivity index (χ2v) is 6.81. The number of hydrogen-bond acceptors (Lipinski definition) is 4. The molecule has 0 spiro atoms. The van der Waals surface area contributed by atoms with Gasteiger partial charge in [-0.1, -0.05) is 36.4 Å². The average Bonchev–Trinajstić information content (AvgIpc) is 3.03. The molecule has 0 bridgehead atoms. The number of hydrogen-bond donors (Lipinski definition) is 1. The Bertz CT molecular complexity index is 883. The number of benzene rings is 2. The van der Waals surface area contributed by atoms with Crippen LogP contribution in [0.15, 0.2) is 48.5 Å². The van der Waals surface area contributed by atoms with Crippen LogP contribution in [0.5, 0.6) is 11.5 Å². The van der Waals surface area contributed by atoms with Crippen molar-refractivity contribution in [3.8, 4) is 22.8 Å². The predicted octanol–water partition coefficient (Wildman–Crippen LogP) is 3.69. The van der Waals surface area contributed by atoms with Gasteiger partial charge in [0.25, 0.3) is 0 Å². The lowest BCUT2D eigenvalue weighted by molar-refractivity contribution is 0.267. The highest BCUT2D eigenvalue weighted by molar-refractivity contribution is 5.64. The van der Waals surface area contributed by atoms with Crippen LogP contribution in [0.25, 0.3) is 11.3 Å². The van der Waals surface area contributed by atoms with E-state index in [1.165, 1.54) is 16.8 Å². The summed E-state index contributed by atoms with van der Waals surface area (Å²) in [6.45, 7) is 2.77. The van der Waals surface area contributed by atoms with Crippen LogP contribution in [0.3, 0.4) is 0 Å². The highest BCUT2D eigenvalue weighted by Crippen LogP contribution is 2.31. The van der Waals surface area contributed by atoms with Gasteiger partial charge in [0.2, 0.25) is 0 Å². The molecule has 0 saturated carbocycles. The number of aromatic nitrogens is 2. The van der Waals surface area contributed by atoms with E-state index in [0.717, 1.165) is 55.2 Å². The van der Waals surface area contributed by atoms with E-state index in [2.05, 4.69) is 39.4 Å². The Labute approximate surface area is 159 Å². The van der Waals surface area contributed by atoms with Gasteiger partial charge in [0.1, 0.15) is 11.5 Å². The molecule has 2 aromatic carbocycles. The monoisotopic (exact) mass is 363 g/mol. The number of nitrogens with zero attached hydrogens (tertiary/aromatic N) is 2. The minimum absolute atomic E-state index is 0.811. The standard InChI is InChI=1S/C22H25N3O2/c1-26-20-9-6-10-21(27-2)18(20)15-25-13-11-17-19(12-14-25)23-24-22(17)16-7-4-3-5-8-16/h3-10H,11-15H2,1-2H3,(H,23,24). The summed E-state index contributed by atoms with van der Waals surface area (Å²) in [7, 11) is 3.42. The Balaban J connectivity index is 1.54. The molecule has 0 saturated heterocycles. The van der Waals surface area contributed by atoms with Gasteiger partial charge in [0, 0.05) is 42.9 Å². The molecule has 1 aliphatic heterocycles. The van der Waals surface area contributed by atoms with Crippen LogP contribution < -0.4 is 9.47 Å². The number of methoxy groups -OCH3 is 2. The van der Waals surface area contributed by atoms with Crippen molar-refractivity contribution in [1.82, 2.24) is 15.1 Å². The molecule has 1 aliphatic rings. The predicted molar refractivity (Wildman–Crippen MR) is 106 cm³/mol. The minimum Gasteiger partial charge on any atom is -0.496 e. The number of H-pyrrole nitrogens is 1. The van der Waals surface area contributed by atoms with E-state index in [9.17, 15) is 0 Å². The first kappa shape index (κ1) is 17.6. The van der Waals surface area contributed by atoms with Crippen LogP contribution in [-0.2, 0) is 19.4 Å². The molecular weight excluding hydrogens is 338 g/mol. The van der Waals surface area contributed by atoms with Crippen molar-refractivity contribution in [2.45, 2.75) is 19.4 Å². The maximum absolute atomic E-state index is 5.56. The third-order valence-electron chi connectivity index (χ3n) is 5.27. The van der Waals surface area contributed by atoms with Gasteiger partial charge in [-0.25, -0.2) is 0 Å². The third-order valence-corrected chi connectivity index (χ3v) is 5.27. The Morgan fingerprint density at radius 1 is 0.926 bits per heavy atom. The molecule has 3 aromatic rings. The molecule has 0 aliphatic carbocycles. The molecule has 0 radical (unpaired) electrons. The summed E-state index contributed by atoms with van der Waals surface area (Å²) in [6, 6.07) is 16.4. The third kappa shape index (κ3) is 3.55. The summed E-state index contributed by atoms with van der Waals surface area (Å²) in [5.74, 6) is 1.76. The van der Waals surface area contributed by atoms with Crippen molar-refractivity contribution in [2.24, 2.45) is 0 Å². The molecule has 1 N–H and O–H groups in total. The first-order valence-electron chi connectivity index (χ1n) is 9.34. The molecule has 0 unspecified atom stereocenters. The smallest absolute Gasteiger partial charge is 0.127 e. The molecule has 140 valence electrons. The number of aromatic amines is 1. The lowest BCUT2D eigenvalue weighted by atomic mass is 10.0. The van der Waals surface area contributed by atoms with Gasteiger partial charge < -0.3 is 9.47 Å². The van der Waals surface area contributed by atoms with Crippen molar-refractivity contribution < 1.29 is 9.47 Å². The number of nitrogens with one attached hydrogen (secondary N) is 1. The van der Waals surface area contributed by atoms with Crippen LogP contribution in [0.1, 0.15) is 16.8 Å². The van der Waals surface area contributed by atoms with Gasteiger partial charge in [-0.2, -0.15) is 5.10 Å². The van der Waals surface area contributed by atoms with E-state index >= 15 is 0 Å². The van der Waals surface area contributed by atoms with Crippen molar-refractivity contribution in [3.63, 3.8) is 0 Å². The molecule has 0 atom stereocenters. The van der Waals surface area contributed by atoms with Crippen LogP contribution >= 0.6 is 0 Å². The first-order valence-corrected chi connectivity index (χ1v) is 9.34. The lowest BCUT2D eigenvalue weighted by Crippen LogP contribution is -2.26. The topological polar surface area (TPSA) is 50.4 Å². The highest BCUT2D eigenvalue weighted by atomic mass is 16.5. The van der Waals surface area contributed by atoms with Crippen LogP contribution in [0.4, 0.5) is 0 Å². The second-order valence-electron chi connectivity index (χ2n) is 6.81. The zero-order chi connectivity index (χ0) is 18.6. The number of ether oxygens (including phenoxy) is 2. The first-order chi connectivity index (χ1) is 13.3. The Kier molecular flexibility index (Phi) is 5.12. The molecule has 5 heteroatoms. The quantitative estimate of drug-likeness (QED) is 0.751. The minimum atomic E-state index is 0.811. The number of fused-ring (bicyclic) bond motifs is 1. The molecule has 5 nitrogen and oxygen atoms in total. The van der Waals surface area contributed by atoms with Crippen LogP contribution in [-0.4, -0.2) is 42.4 Å². The fourth-order valence-electron chi connectivity index (χ4n) is 3.83. The van der Waals surface area contributed by atoms with Gasteiger partial charge in [-0.15, -0.1) is 0 Å². The van der Waals surface area contributed by atoms with Crippen molar-refractivity contribution in [1.29, 1.82) is 0 Å². The normalized spacial score (nSPS) is 14.4. The summed E-state index contributed by atoms with van der Waals surface area (Å²) in [5.41, 5.74) is 5.96. The fourth-order valence-corrected chi connectivity index (χ4v) is 3.83. The molecule has 2 heterocycles. The van der Waals surface area contributed by atoms with Crippen LogP contribution in [0.2, 0.25) is 0 Å². The summed E-state index contributed by atoms with van der Waals surface area (Å²) >= 11 is 0. The van der Waals surface area contributed by atoms with Crippen molar-refractivity contribution >= 4 is 0 Å². The van der Waals surface area contributed by atoms with E-state index in [1.54, 1.807) is 14.2 Å². The van der Waals surface area contributed by atoms with E-state index in [1.807, 2.05) is 24.3 Å². The molecule has 27 heavy (non-hydrogen) atoms. The average molecular weight is 363 g/mol. The SMILES string of the molecule is COc1cccc(OC)c1CN1CCc2[nH]nc(-c3ccccc3)c2CC1. The zero-order valence-electron chi connectivity index (χ0n) is 15.9. The van der Waals surface area contributed by atoms with Gasteiger partial charge in [0.05, 0.1) is 25.5 Å². The molecular formula is C22H25N3O2. The van der Waals surface area contributed by atoms with Crippen LogP contribution in [0, 0.1) is 0 Å². The Morgan fingerprint density at radius 3 is 2.33 bits per heavy atom. The Hall–Kier alpha value is -2.79. The van der Waals surface area contributed by atoms with Gasteiger partial charge in [-0.05, 0) is 18.6 Å². The molecule has 1 aromatic heterocycles. The fraction of sp³-hybridized carbons (Fsp3) is 0.318. The Morgan fingerprint density at radius 2 is 1.63 bits per heavy atom. The largest absolute Gasteiger partial charge is 0.496 e. The van der Waals surface area contributed by atoms with Crippen molar-refractivity contribution in [3.05, 3.63) is 65.4 Å². The summed E-state index contributed by atoms with van der Waals surface area (Å²) in [5, 5.41) is 7.86. The molecule has 4 rings (SSSR count). The lowest BCUT2D eigenvalue weighted by Gasteiger charge is -2.22. The molecule has 0 fully saturated rings.